The van der Waals surface area contributed by atoms with Crippen molar-refractivity contribution in [2.24, 2.45) is 0 Å². The number of hydrogen-bond acceptors (Lipinski definition) is 7. The molecule has 0 radical (unpaired) electrons. The molecule has 0 aliphatic carbocycles. The van der Waals surface area contributed by atoms with Gasteiger partial charge in [0.05, 0.1) is 10.2 Å². The van der Waals surface area contributed by atoms with Crippen LogP contribution in [0.25, 0.3) is 107 Å². The van der Waals surface area contributed by atoms with Crippen molar-refractivity contribution in [3.05, 3.63) is 176 Å². The first kappa shape index (κ1) is 32.7. The molecule has 0 amide bonds. The molecule has 4 aromatic heterocycles. The van der Waals surface area contributed by atoms with Gasteiger partial charge in [-0.15, -0.1) is 22.7 Å². The summed E-state index contributed by atoms with van der Waals surface area (Å²) in [6, 6.07) is 62.4. The lowest BCUT2D eigenvalue weighted by molar-refractivity contribution is 0.620. The molecule has 0 atom stereocenters. The molecular formula is C52H29N3O2S2. The average molecular weight is 792 g/mol. The zero-order valence-electron chi connectivity index (χ0n) is 31.2. The fraction of sp³-hybridized carbons (Fsp3) is 0. The summed E-state index contributed by atoms with van der Waals surface area (Å²) in [5.74, 6) is 0.636. The average Bonchev–Trinajstić information content (AvgIpc) is 4.07. The van der Waals surface area contributed by atoms with Crippen molar-refractivity contribution in [3.63, 3.8) is 0 Å². The zero-order valence-corrected chi connectivity index (χ0v) is 32.9. The maximum Gasteiger partial charge on any atom is 0.227 e. The number of furan rings is 1. The Bertz CT molecular complexity index is 3750. The van der Waals surface area contributed by atoms with Crippen LogP contribution in [0.1, 0.15) is 0 Å². The highest BCUT2D eigenvalue weighted by molar-refractivity contribution is 7.26. The van der Waals surface area contributed by atoms with Gasteiger partial charge < -0.3 is 13.7 Å². The molecule has 0 fully saturated rings. The Morgan fingerprint density at radius 2 is 1.05 bits per heavy atom. The summed E-state index contributed by atoms with van der Waals surface area (Å²) in [4.78, 5) is 12.0. The van der Waals surface area contributed by atoms with Gasteiger partial charge in [-0.2, -0.15) is 0 Å². The number of fused-ring (bicyclic) bond motifs is 10. The number of thiophene rings is 1. The van der Waals surface area contributed by atoms with Crippen LogP contribution in [0.15, 0.2) is 185 Å². The molecule has 9 aromatic carbocycles. The second-order valence-corrected chi connectivity index (χ2v) is 17.1. The molecule has 4 heterocycles. The van der Waals surface area contributed by atoms with Gasteiger partial charge in [0.25, 0.3) is 0 Å². The lowest BCUT2D eigenvalue weighted by Crippen LogP contribution is -2.09. The van der Waals surface area contributed by atoms with E-state index in [0.29, 0.717) is 5.89 Å². The minimum absolute atomic E-state index is 0.636. The number of para-hydroxylation sites is 3. The summed E-state index contributed by atoms with van der Waals surface area (Å²) in [5, 5.41) is 10.4. The quantitative estimate of drug-likeness (QED) is 0.163. The van der Waals surface area contributed by atoms with Crippen molar-refractivity contribution in [1.29, 1.82) is 0 Å². The van der Waals surface area contributed by atoms with E-state index in [4.69, 9.17) is 18.8 Å². The number of nitrogens with zero attached hydrogens (tertiary/aromatic N) is 3. The predicted molar refractivity (Wildman–Crippen MR) is 248 cm³/mol. The number of rotatable bonds is 5. The number of hydrogen-bond donors (Lipinski definition) is 0. The first-order chi connectivity index (χ1) is 29.1. The van der Waals surface area contributed by atoms with Crippen molar-refractivity contribution < 1.29 is 8.83 Å². The number of aromatic nitrogens is 2. The van der Waals surface area contributed by atoms with E-state index in [1.807, 2.05) is 30.3 Å². The summed E-state index contributed by atoms with van der Waals surface area (Å²) in [7, 11) is 0. The van der Waals surface area contributed by atoms with Gasteiger partial charge in [-0.3, -0.25) is 0 Å². The highest BCUT2D eigenvalue weighted by Gasteiger charge is 2.19. The lowest BCUT2D eigenvalue weighted by Gasteiger charge is -2.26. The van der Waals surface area contributed by atoms with Crippen LogP contribution in [0.5, 0.6) is 0 Å². The minimum atomic E-state index is 0.636. The third kappa shape index (κ3) is 5.29. The predicted octanol–water partition coefficient (Wildman–Crippen LogP) is 15.8. The van der Waals surface area contributed by atoms with E-state index >= 15 is 0 Å². The third-order valence-corrected chi connectivity index (χ3v) is 13.7. The van der Waals surface area contributed by atoms with Crippen molar-refractivity contribution in [1.82, 2.24) is 9.97 Å². The Balaban J connectivity index is 0.923. The molecule has 5 nitrogen and oxygen atoms in total. The van der Waals surface area contributed by atoms with Gasteiger partial charge >= 0.3 is 0 Å². The Hall–Kier alpha value is -7.32. The molecule has 0 aliphatic heterocycles. The Morgan fingerprint density at radius 1 is 0.373 bits per heavy atom. The van der Waals surface area contributed by atoms with E-state index in [0.717, 1.165) is 71.8 Å². The number of thiazole rings is 1. The van der Waals surface area contributed by atoms with Gasteiger partial charge in [-0.05, 0) is 131 Å². The fourth-order valence-corrected chi connectivity index (χ4v) is 10.7. The molecule has 0 saturated heterocycles. The maximum absolute atomic E-state index is 6.74. The van der Waals surface area contributed by atoms with E-state index in [-0.39, 0.29) is 0 Å². The van der Waals surface area contributed by atoms with E-state index in [1.165, 1.54) is 46.4 Å². The Labute approximate surface area is 344 Å². The van der Waals surface area contributed by atoms with Crippen LogP contribution in [0.4, 0.5) is 17.1 Å². The van der Waals surface area contributed by atoms with Crippen molar-refractivity contribution in [2.45, 2.75) is 0 Å². The van der Waals surface area contributed by atoms with Gasteiger partial charge in [0.1, 0.15) is 21.7 Å². The molecule has 13 rings (SSSR count). The van der Waals surface area contributed by atoms with Crippen LogP contribution in [0, 0.1) is 0 Å². The minimum Gasteiger partial charge on any atom is -0.456 e. The second kappa shape index (κ2) is 12.6. The first-order valence-electron chi connectivity index (χ1n) is 19.5. The summed E-state index contributed by atoms with van der Waals surface area (Å²) in [6.45, 7) is 0. The molecule has 0 saturated carbocycles. The Morgan fingerprint density at radius 3 is 1.92 bits per heavy atom. The highest BCUT2D eigenvalue weighted by atomic mass is 32.1. The maximum atomic E-state index is 6.74. The van der Waals surface area contributed by atoms with Gasteiger partial charge in [-0.25, -0.2) is 9.97 Å². The molecule has 0 bridgehead atoms. The molecule has 0 N–H and O–H groups in total. The molecule has 276 valence electrons. The van der Waals surface area contributed by atoms with Crippen LogP contribution in [0.2, 0.25) is 0 Å². The molecule has 0 spiro atoms. The standard InChI is InChI=1S/C52H29N3O2S2/c1-2-8-32-24-35-25-37(19-15-33(35)23-31(32)7-1)55(36-17-13-30(14-18-36)52-54-44-10-4-6-12-48(44)59-52)38-20-22-39-41-29-50-42(28-47(41)56-46(39)27-38)40-21-16-34(26-49(40)58-50)51-53-43-9-3-5-11-45(43)57-51/h1-29H. The van der Waals surface area contributed by atoms with Gasteiger partial charge in [-0.1, -0.05) is 60.7 Å². The number of oxazole rings is 1. The molecule has 0 aliphatic rings. The van der Waals surface area contributed by atoms with Gasteiger partial charge in [0, 0.05) is 65.2 Å². The van der Waals surface area contributed by atoms with Gasteiger partial charge in [0.2, 0.25) is 5.89 Å². The topological polar surface area (TPSA) is 55.3 Å². The van der Waals surface area contributed by atoms with E-state index < -0.39 is 0 Å². The number of anilines is 3. The van der Waals surface area contributed by atoms with Crippen LogP contribution < -0.4 is 4.90 Å². The van der Waals surface area contributed by atoms with Gasteiger partial charge in [0.15, 0.2) is 5.58 Å². The molecule has 13 aromatic rings. The summed E-state index contributed by atoms with van der Waals surface area (Å²) in [6.07, 6.45) is 0. The normalized spacial score (nSPS) is 12.1. The largest absolute Gasteiger partial charge is 0.456 e. The van der Waals surface area contributed by atoms with Crippen LogP contribution in [-0.2, 0) is 0 Å². The lowest BCUT2D eigenvalue weighted by atomic mass is 10.0. The molecule has 0 unspecified atom stereocenters. The molecular weight excluding hydrogens is 763 g/mol. The van der Waals surface area contributed by atoms with Crippen molar-refractivity contribution >= 4 is 125 Å². The van der Waals surface area contributed by atoms with Crippen LogP contribution in [0.3, 0.4) is 0 Å². The fourth-order valence-electron chi connectivity index (χ4n) is 8.56. The van der Waals surface area contributed by atoms with E-state index in [2.05, 4.69) is 150 Å². The zero-order chi connectivity index (χ0) is 38.6. The smallest absolute Gasteiger partial charge is 0.227 e. The highest BCUT2D eigenvalue weighted by Crippen LogP contribution is 2.44. The van der Waals surface area contributed by atoms with E-state index in [1.54, 1.807) is 22.7 Å². The van der Waals surface area contributed by atoms with E-state index in [9.17, 15) is 0 Å². The summed E-state index contributed by atoms with van der Waals surface area (Å²) in [5.41, 5.74) is 9.61. The first-order valence-corrected chi connectivity index (χ1v) is 21.2. The second-order valence-electron chi connectivity index (χ2n) is 15.0. The molecule has 7 heteroatoms. The third-order valence-electron chi connectivity index (χ3n) is 11.5. The van der Waals surface area contributed by atoms with Crippen LogP contribution >= 0.6 is 22.7 Å². The Kier molecular flexibility index (Phi) is 6.98. The monoisotopic (exact) mass is 791 g/mol. The van der Waals surface area contributed by atoms with Crippen molar-refractivity contribution in [3.8, 4) is 22.0 Å². The van der Waals surface area contributed by atoms with Crippen molar-refractivity contribution in [2.75, 3.05) is 4.90 Å². The summed E-state index contributed by atoms with van der Waals surface area (Å²) >= 11 is 3.51. The molecule has 59 heavy (non-hydrogen) atoms. The number of benzene rings is 9. The van der Waals surface area contributed by atoms with Crippen LogP contribution in [-0.4, -0.2) is 9.97 Å². The SMILES string of the molecule is c1ccc2cc3cc(N(c4ccc(-c5nc6ccccc6s5)cc4)c4ccc5c(c4)oc4cc6c(cc45)sc4cc(-c5nc7ccccc7o5)ccc46)ccc3cc2c1. The summed E-state index contributed by atoms with van der Waals surface area (Å²) < 4.78 is 16.4.